The number of carboxylic acids is 1. The zero-order chi connectivity index (χ0) is 22.4. The molecule has 3 rings (SSSR count). The summed E-state index contributed by atoms with van der Waals surface area (Å²) in [6.07, 6.45) is -1.38. The number of aromatic nitrogens is 2. The number of carboxylic acid groups (broad SMARTS) is 2. The van der Waals surface area contributed by atoms with E-state index in [2.05, 4.69) is 9.17 Å². The van der Waals surface area contributed by atoms with Crippen LogP contribution in [0.3, 0.4) is 0 Å². The molecule has 0 atom stereocenters. The van der Waals surface area contributed by atoms with Crippen molar-refractivity contribution in [3.63, 3.8) is 0 Å². The van der Waals surface area contributed by atoms with Crippen LogP contribution in [0.4, 0.5) is 18.0 Å². The molecular formula is C17H11F3N2O7S. The number of carbonyl (C=O) groups is 2. The lowest BCUT2D eigenvalue weighted by Crippen LogP contribution is -2.28. The van der Waals surface area contributed by atoms with Crippen molar-refractivity contribution in [3.05, 3.63) is 47.8 Å². The van der Waals surface area contributed by atoms with Gasteiger partial charge in [0.15, 0.2) is 0 Å². The van der Waals surface area contributed by atoms with Crippen molar-refractivity contribution < 1.29 is 45.6 Å². The SMILES string of the molecule is Cc1nc2c(C(=O)O)cc(-c3ccc(OS(=O)(=O)C(F)(F)F)cc3)cc2n1C(=O)O. The van der Waals surface area contributed by atoms with E-state index in [0.717, 1.165) is 16.7 Å². The molecular weight excluding hydrogens is 433 g/mol. The highest BCUT2D eigenvalue weighted by Crippen LogP contribution is 2.31. The van der Waals surface area contributed by atoms with Crippen LogP contribution in [0.15, 0.2) is 36.4 Å². The van der Waals surface area contributed by atoms with Crippen LogP contribution in [0.1, 0.15) is 16.2 Å². The van der Waals surface area contributed by atoms with Crippen LogP contribution in [0.5, 0.6) is 5.75 Å². The molecule has 2 aromatic carbocycles. The molecule has 0 unspecified atom stereocenters. The van der Waals surface area contributed by atoms with Gasteiger partial charge in [0.05, 0.1) is 11.1 Å². The van der Waals surface area contributed by atoms with E-state index in [9.17, 15) is 41.4 Å². The summed E-state index contributed by atoms with van der Waals surface area (Å²) in [5.41, 5.74) is -5.46. The molecule has 0 radical (unpaired) electrons. The summed E-state index contributed by atoms with van der Waals surface area (Å²) >= 11 is 0. The van der Waals surface area contributed by atoms with Crippen molar-refractivity contribution in [3.8, 4) is 16.9 Å². The first kappa shape index (κ1) is 21.1. The van der Waals surface area contributed by atoms with Crippen LogP contribution in [0, 0.1) is 6.92 Å². The highest BCUT2D eigenvalue weighted by atomic mass is 32.2. The van der Waals surface area contributed by atoms with Gasteiger partial charge >= 0.3 is 27.7 Å². The lowest BCUT2D eigenvalue weighted by atomic mass is 10.0. The van der Waals surface area contributed by atoms with Crippen molar-refractivity contribution in [1.82, 2.24) is 9.55 Å². The Balaban J connectivity index is 2.10. The molecule has 1 heterocycles. The average molecular weight is 444 g/mol. The van der Waals surface area contributed by atoms with Gasteiger partial charge in [-0.25, -0.2) is 19.1 Å². The Morgan fingerprint density at radius 2 is 1.67 bits per heavy atom. The number of rotatable bonds is 4. The molecule has 9 nitrogen and oxygen atoms in total. The van der Waals surface area contributed by atoms with Gasteiger partial charge in [-0.1, -0.05) is 12.1 Å². The third-order valence-electron chi connectivity index (χ3n) is 4.03. The Morgan fingerprint density at radius 1 is 1.07 bits per heavy atom. The van der Waals surface area contributed by atoms with Crippen LogP contribution < -0.4 is 4.18 Å². The van der Waals surface area contributed by atoms with Gasteiger partial charge < -0.3 is 14.4 Å². The second kappa shape index (κ2) is 7.02. The highest BCUT2D eigenvalue weighted by Gasteiger charge is 2.48. The number of hydrogen-bond donors (Lipinski definition) is 2. The number of alkyl halides is 3. The lowest BCUT2D eigenvalue weighted by molar-refractivity contribution is -0.0500. The molecule has 13 heteroatoms. The Morgan fingerprint density at radius 3 is 2.17 bits per heavy atom. The van der Waals surface area contributed by atoms with Crippen LogP contribution >= 0.6 is 0 Å². The Kier molecular flexibility index (Phi) is 4.94. The van der Waals surface area contributed by atoms with E-state index in [1.54, 1.807) is 0 Å². The summed E-state index contributed by atoms with van der Waals surface area (Å²) in [6.45, 7) is 1.38. The zero-order valence-corrected chi connectivity index (χ0v) is 15.7. The van der Waals surface area contributed by atoms with Crippen molar-refractivity contribution in [1.29, 1.82) is 0 Å². The van der Waals surface area contributed by atoms with E-state index in [1.165, 1.54) is 31.2 Å². The monoisotopic (exact) mass is 444 g/mol. The minimum absolute atomic E-state index is 0.00474. The predicted molar refractivity (Wildman–Crippen MR) is 95.9 cm³/mol. The van der Waals surface area contributed by atoms with Gasteiger partial charge in [-0.3, -0.25) is 0 Å². The number of aryl methyl sites for hydroxylation is 1. The van der Waals surface area contributed by atoms with E-state index >= 15 is 0 Å². The maximum atomic E-state index is 12.4. The van der Waals surface area contributed by atoms with Crippen molar-refractivity contribution in [2.75, 3.05) is 0 Å². The number of hydrogen-bond acceptors (Lipinski definition) is 6. The summed E-state index contributed by atoms with van der Waals surface area (Å²) in [7, 11) is -5.84. The lowest BCUT2D eigenvalue weighted by Gasteiger charge is -2.10. The topological polar surface area (TPSA) is 136 Å². The first-order chi connectivity index (χ1) is 13.8. The van der Waals surface area contributed by atoms with Gasteiger partial charge in [-0.15, -0.1) is 0 Å². The molecule has 0 spiro atoms. The van der Waals surface area contributed by atoms with E-state index in [0.29, 0.717) is 0 Å². The molecule has 0 aliphatic heterocycles. The third-order valence-corrected chi connectivity index (χ3v) is 5.01. The average Bonchev–Trinajstić information content (AvgIpc) is 2.95. The standard InChI is InChI=1S/C17H11F3N2O7S/c1-8-21-14-12(15(23)24)6-10(7-13(14)22(8)16(25)26)9-2-4-11(5-3-9)29-30(27,28)17(18,19)20/h2-7H,1H3,(H,23,24)(H,25,26). The van der Waals surface area contributed by atoms with Gasteiger partial charge in [-0.2, -0.15) is 21.6 Å². The second-order valence-electron chi connectivity index (χ2n) is 5.98. The van der Waals surface area contributed by atoms with Crippen molar-refractivity contribution in [2.24, 2.45) is 0 Å². The quantitative estimate of drug-likeness (QED) is 0.461. The molecule has 3 aromatic rings. The Hall–Kier alpha value is -3.61. The van der Waals surface area contributed by atoms with E-state index in [1.807, 2.05) is 0 Å². The maximum absolute atomic E-state index is 12.4. The van der Waals surface area contributed by atoms with Gasteiger partial charge in [-0.05, 0) is 42.3 Å². The van der Waals surface area contributed by atoms with E-state index < -0.39 is 33.4 Å². The fraction of sp³-hybridized carbons (Fsp3) is 0.118. The third kappa shape index (κ3) is 3.66. The minimum Gasteiger partial charge on any atom is -0.478 e. The molecule has 0 saturated carbocycles. The Labute approximate surface area is 166 Å². The summed E-state index contributed by atoms with van der Waals surface area (Å²) in [6, 6.07) is 6.85. The molecule has 1 aromatic heterocycles. The van der Waals surface area contributed by atoms with Gasteiger partial charge in [0.2, 0.25) is 0 Å². The van der Waals surface area contributed by atoms with Crippen molar-refractivity contribution >= 4 is 33.2 Å². The highest BCUT2D eigenvalue weighted by molar-refractivity contribution is 7.88. The molecule has 0 amide bonds. The van der Waals surface area contributed by atoms with Crippen LogP contribution in [0.2, 0.25) is 0 Å². The number of aromatic carboxylic acids is 1. The molecule has 30 heavy (non-hydrogen) atoms. The molecule has 0 bridgehead atoms. The fourth-order valence-corrected chi connectivity index (χ4v) is 3.20. The number of benzene rings is 2. The first-order valence-corrected chi connectivity index (χ1v) is 9.33. The van der Waals surface area contributed by atoms with E-state index in [4.69, 9.17) is 0 Å². The molecule has 158 valence electrons. The molecule has 0 fully saturated rings. The summed E-state index contributed by atoms with van der Waals surface area (Å²) in [4.78, 5) is 27.1. The molecule has 0 saturated heterocycles. The van der Waals surface area contributed by atoms with E-state index in [-0.39, 0.29) is 33.5 Å². The number of fused-ring (bicyclic) bond motifs is 1. The molecule has 0 aliphatic rings. The fourth-order valence-electron chi connectivity index (χ4n) is 2.74. The maximum Gasteiger partial charge on any atom is 0.534 e. The molecule has 0 aliphatic carbocycles. The van der Waals surface area contributed by atoms with Gasteiger partial charge in [0, 0.05) is 0 Å². The second-order valence-corrected chi connectivity index (χ2v) is 7.52. The summed E-state index contributed by atoms with van der Waals surface area (Å²) in [5.74, 6) is -1.94. The van der Waals surface area contributed by atoms with Gasteiger partial charge in [0.1, 0.15) is 17.1 Å². The van der Waals surface area contributed by atoms with Crippen LogP contribution in [-0.2, 0) is 10.1 Å². The van der Waals surface area contributed by atoms with Crippen LogP contribution in [-0.4, -0.2) is 45.8 Å². The van der Waals surface area contributed by atoms with Gasteiger partial charge in [0.25, 0.3) is 0 Å². The van der Waals surface area contributed by atoms with Crippen molar-refractivity contribution in [2.45, 2.75) is 12.4 Å². The number of halogens is 3. The smallest absolute Gasteiger partial charge is 0.478 e. The molecule has 2 N–H and O–H groups in total. The normalized spacial score (nSPS) is 12.1. The summed E-state index contributed by atoms with van der Waals surface area (Å²) in [5, 5.41) is 18.8. The largest absolute Gasteiger partial charge is 0.534 e. The predicted octanol–water partition coefficient (Wildman–Crippen LogP) is 3.46. The number of nitrogens with zero attached hydrogens (tertiary/aromatic N) is 2. The Bertz CT molecular complexity index is 1280. The minimum atomic E-state index is -5.84. The van der Waals surface area contributed by atoms with Crippen LogP contribution in [0.25, 0.3) is 22.2 Å². The summed E-state index contributed by atoms with van der Waals surface area (Å²) < 4.78 is 64.2. The number of imidazole rings is 1. The first-order valence-electron chi connectivity index (χ1n) is 7.92. The zero-order valence-electron chi connectivity index (χ0n) is 14.8.